The van der Waals surface area contributed by atoms with E-state index in [1.165, 1.54) is 12.1 Å². The number of fused-ring (bicyclic) bond motifs is 2. The van der Waals surface area contributed by atoms with Crippen molar-refractivity contribution >= 4 is 36.1 Å². The Morgan fingerprint density at radius 1 is 1.07 bits per heavy atom. The number of Topliss-reactive ketones (excluding diaryl/α,β-unsaturated/α-hetero) is 1. The minimum absolute atomic E-state index is 0.0489. The van der Waals surface area contributed by atoms with Crippen LogP contribution in [0.1, 0.15) is 33.1 Å². The molecule has 29 heavy (non-hydrogen) atoms. The number of hydrogen-bond donors (Lipinski definition) is 0. The fourth-order valence-corrected chi connectivity index (χ4v) is 12.5. The first-order valence-corrected chi connectivity index (χ1v) is 14.2. The molecule has 2 aliphatic rings. The fourth-order valence-electron chi connectivity index (χ4n) is 4.80. The minimum atomic E-state index is -3.96. The van der Waals surface area contributed by atoms with Gasteiger partial charge in [0.15, 0.2) is 0 Å². The van der Waals surface area contributed by atoms with E-state index in [1.807, 2.05) is 44.2 Å². The quantitative estimate of drug-likeness (QED) is 0.492. The van der Waals surface area contributed by atoms with Crippen molar-refractivity contribution in [2.24, 2.45) is 16.7 Å². The first-order valence-electron chi connectivity index (χ1n) is 9.61. The predicted octanol–water partition coefficient (Wildman–Crippen LogP) is 5.03. The summed E-state index contributed by atoms with van der Waals surface area (Å²) in [6.07, 6.45) is 1.94. The molecule has 0 aliphatic heterocycles. The Kier molecular flexibility index (Phi) is 5.36. The summed E-state index contributed by atoms with van der Waals surface area (Å²) in [7, 11) is -3.96. The average Bonchev–Trinajstić information content (AvgIpc) is 3.01. The number of halogens is 2. The molecule has 2 atom stereocenters. The van der Waals surface area contributed by atoms with Crippen LogP contribution in [0.4, 0.5) is 4.39 Å². The van der Waals surface area contributed by atoms with Crippen molar-refractivity contribution in [3.05, 3.63) is 67.6 Å². The van der Waals surface area contributed by atoms with Gasteiger partial charge in [0, 0.05) is 0 Å². The van der Waals surface area contributed by atoms with Gasteiger partial charge in [-0.1, -0.05) is 0 Å². The number of ketones is 1. The van der Waals surface area contributed by atoms with Crippen molar-refractivity contribution in [1.29, 1.82) is 0 Å². The van der Waals surface area contributed by atoms with Gasteiger partial charge >= 0.3 is 179 Å². The van der Waals surface area contributed by atoms with Crippen molar-refractivity contribution in [2.45, 2.75) is 33.1 Å². The van der Waals surface area contributed by atoms with Gasteiger partial charge in [0.25, 0.3) is 0 Å². The van der Waals surface area contributed by atoms with Crippen LogP contribution in [0.3, 0.4) is 0 Å². The van der Waals surface area contributed by atoms with E-state index >= 15 is 0 Å². The molecule has 2 bridgehead atoms. The van der Waals surface area contributed by atoms with Crippen LogP contribution < -0.4 is 0 Å². The number of carbonyl (C=O) groups is 1. The zero-order valence-electron chi connectivity index (χ0n) is 16.4. The van der Waals surface area contributed by atoms with Crippen molar-refractivity contribution in [3.8, 4) is 0 Å². The van der Waals surface area contributed by atoms with E-state index in [1.54, 1.807) is 12.1 Å². The molecule has 156 valence electrons. The van der Waals surface area contributed by atoms with Crippen LogP contribution in [0, 0.1) is 29.7 Å². The monoisotopic (exact) mass is 530 g/mol. The van der Waals surface area contributed by atoms with Gasteiger partial charge in [-0.3, -0.25) is 0 Å². The molecule has 4 nitrogen and oxygen atoms in total. The number of hydrogen-bond acceptors (Lipinski definition) is 4. The van der Waals surface area contributed by atoms with E-state index in [0.717, 1.165) is 9.99 Å². The molecule has 7 heteroatoms. The molecule has 0 aromatic heterocycles. The fraction of sp³-hybridized carbons (Fsp3) is 0.409. The Labute approximate surface area is 178 Å². The third-order valence-corrected chi connectivity index (χ3v) is 14.2. The molecule has 0 saturated heterocycles. The zero-order chi connectivity index (χ0) is 20.9. The molecule has 2 unspecified atom stereocenters. The third kappa shape index (κ3) is 3.65. The number of rotatable bonds is 6. The van der Waals surface area contributed by atoms with Crippen LogP contribution in [0.5, 0.6) is 0 Å². The molecular weight excluding hydrogens is 506 g/mol. The summed E-state index contributed by atoms with van der Waals surface area (Å²) in [6.45, 7) is 4.03. The molecule has 0 spiro atoms. The second kappa shape index (κ2) is 7.42. The first kappa shape index (κ1) is 20.9. The van der Waals surface area contributed by atoms with E-state index in [4.69, 9.17) is 2.51 Å². The van der Waals surface area contributed by atoms with E-state index in [2.05, 4.69) is 0 Å². The maximum atomic E-state index is 13.4. The third-order valence-electron chi connectivity index (χ3n) is 6.65. The Morgan fingerprint density at radius 2 is 1.69 bits per heavy atom. The van der Waals surface area contributed by atoms with E-state index in [-0.39, 0.29) is 28.7 Å². The molecule has 2 aromatic rings. The molecule has 4 rings (SSSR count). The van der Waals surface area contributed by atoms with E-state index in [0.29, 0.717) is 16.4 Å². The predicted molar refractivity (Wildman–Crippen MR) is 118 cm³/mol. The maximum absolute atomic E-state index is 13.4. The van der Waals surface area contributed by atoms with Gasteiger partial charge in [-0.25, -0.2) is 0 Å². The van der Waals surface area contributed by atoms with Gasteiger partial charge in [0.1, 0.15) is 0 Å². The Morgan fingerprint density at radius 3 is 2.24 bits per heavy atom. The summed E-state index contributed by atoms with van der Waals surface area (Å²) < 4.78 is 47.2. The summed E-state index contributed by atoms with van der Waals surface area (Å²) in [5.74, 6) is -0.363. The molecule has 0 radical (unpaired) electrons. The van der Waals surface area contributed by atoms with Gasteiger partial charge in [0.05, 0.1) is 0 Å². The SMILES string of the molecule is CC1(C)C2CCC1(CS(=O)(=O)OI(c1ccccc1)c1ccc(F)cc1)C(=O)C2. The first-order chi connectivity index (χ1) is 13.6. The Balaban J connectivity index is 1.67. The van der Waals surface area contributed by atoms with Gasteiger partial charge < -0.3 is 0 Å². The van der Waals surface area contributed by atoms with Crippen molar-refractivity contribution in [3.63, 3.8) is 0 Å². The molecule has 2 aliphatic carbocycles. The van der Waals surface area contributed by atoms with Crippen LogP contribution in [0.2, 0.25) is 0 Å². The van der Waals surface area contributed by atoms with Gasteiger partial charge in [-0.2, -0.15) is 0 Å². The van der Waals surface area contributed by atoms with Crippen LogP contribution in [0.15, 0.2) is 54.6 Å². The van der Waals surface area contributed by atoms with Crippen LogP contribution >= 0.6 is 20.2 Å². The molecule has 0 amide bonds. The molecule has 0 N–H and O–H groups in total. The standard InChI is InChI=1S/C22H24FIO4S/c1-21(2)16-12-13-22(21,20(25)14-16)15-29(26,27)28-24(18-6-4-3-5-7-18)19-10-8-17(23)9-11-19/h3-11,16H,12-15H2,1-2H3. The van der Waals surface area contributed by atoms with E-state index < -0.39 is 35.8 Å². The number of benzene rings is 2. The Bertz CT molecular complexity index is 1020. The zero-order valence-corrected chi connectivity index (χ0v) is 19.4. The van der Waals surface area contributed by atoms with Gasteiger partial charge in [-0.05, 0) is 0 Å². The summed E-state index contributed by atoms with van der Waals surface area (Å²) in [4.78, 5) is 12.8. The second-order valence-corrected chi connectivity index (χ2v) is 14.9. The topological polar surface area (TPSA) is 60.4 Å². The molecule has 0 heterocycles. The van der Waals surface area contributed by atoms with Gasteiger partial charge in [0.2, 0.25) is 0 Å². The Hall–Kier alpha value is -1.32. The van der Waals surface area contributed by atoms with Crippen LogP contribution in [-0.4, -0.2) is 20.0 Å². The van der Waals surface area contributed by atoms with Crippen molar-refractivity contribution in [1.82, 2.24) is 0 Å². The summed E-state index contributed by atoms with van der Waals surface area (Å²) >= 11 is -2.83. The summed E-state index contributed by atoms with van der Waals surface area (Å²) in [6, 6.07) is 15.1. The van der Waals surface area contributed by atoms with E-state index in [9.17, 15) is 17.6 Å². The summed E-state index contributed by atoms with van der Waals surface area (Å²) in [5, 5.41) is 0. The normalized spacial score (nSPS) is 26.0. The van der Waals surface area contributed by atoms with Crippen molar-refractivity contribution in [2.75, 3.05) is 5.75 Å². The van der Waals surface area contributed by atoms with Crippen LogP contribution in [0.25, 0.3) is 0 Å². The molecule has 2 fully saturated rings. The number of carbonyl (C=O) groups excluding carboxylic acids is 1. The summed E-state index contributed by atoms with van der Waals surface area (Å²) in [5.41, 5.74) is -1.21. The van der Waals surface area contributed by atoms with Crippen molar-refractivity contribution < 1.29 is 20.1 Å². The average molecular weight is 530 g/mol. The molecule has 2 aromatic carbocycles. The van der Waals surface area contributed by atoms with Gasteiger partial charge in [-0.15, -0.1) is 0 Å². The second-order valence-electron chi connectivity index (χ2n) is 8.41. The van der Waals surface area contributed by atoms with Crippen LogP contribution in [-0.2, 0) is 17.4 Å². The molecule has 2 saturated carbocycles. The molecular formula is C22H24FIO4S.